The maximum atomic E-state index is 12.0. The Morgan fingerprint density at radius 1 is 1.17 bits per heavy atom. The quantitative estimate of drug-likeness (QED) is 0.829. The number of nitrogens with one attached hydrogen (secondary N) is 1. The molecule has 6 heteroatoms. The second-order valence-electron chi connectivity index (χ2n) is 5.09. The first-order valence-electron chi connectivity index (χ1n) is 7.56. The number of rotatable bonds is 6. The molecule has 0 radical (unpaired) electrons. The SMILES string of the molecule is CCc1ccc(NC(=O)COC(=O)c2c(CC)noc2C)cc1. The van der Waals surface area contributed by atoms with Crippen LogP contribution in [0, 0.1) is 6.92 Å². The smallest absolute Gasteiger partial charge is 0.344 e. The van der Waals surface area contributed by atoms with Crippen LogP contribution in [0.5, 0.6) is 0 Å². The first-order chi connectivity index (χ1) is 11.0. The highest BCUT2D eigenvalue weighted by Crippen LogP contribution is 2.15. The third-order valence-electron chi connectivity index (χ3n) is 3.45. The lowest BCUT2D eigenvalue weighted by Gasteiger charge is -2.07. The molecule has 0 aliphatic heterocycles. The normalized spacial score (nSPS) is 10.4. The molecule has 1 heterocycles. The summed E-state index contributed by atoms with van der Waals surface area (Å²) in [4.78, 5) is 23.9. The van der Waals surface area contributed by atoms with E-state index in [-0.39, 0.29) is 6.61 Å². The predicted octanol–water partition coefficient (Wildman–Crippen LogP) is 2.90. The van der Waals surface area contributed by atoms with Crippen molar-refractivity contribution in [3.05, 3.63) is 46.8 Å². The number of aryl methyl sites for hydroxylation is 3. The molecule has 0 spiro atoms. The second-order valence-corrected chi connectivity index (χ2v) is 5.09. The molecule has 122 valence electrons. The van der Waals surface area contributed by atoms with Crippen LogP contribution in [-0.2, 0) is 22.4 Å². The van der Waals surface area contributed by atoms with Gasteiger partial charge in [0.1, 0.15) is 11.3 Å². The summed E-state index contributed by atoms with van der Waals surface area (Å²) in [7, 11) is 0. The molecule has 0 bridgehead atoms. The highest BCUT2D eigenvalue weighted by Gasteiger charge is 2.21. The molecule has 1 N–H and O–H groups in total. The van der Waals surface area contributed by atoms with Crippen molar-refractivity contribution in [2.24, 2.45) is 0 Å². The van der Waals surface area contributed by atoms with Gasteiger partial charge in [0.2, 0.25) is 0 Å². The van der Waals surface area contributed by atoms with Crippen molar-refractivity contribution in [2.75, 3.05) is 11.9 Å². The van der Waals surface area contributed by atoms with Crippen molar-refractivity contribution in [3.8, 4) is 0 Å². The topological polar surface area (TPSA) is 81.4 Å². The van der Waals surface area contributed by atoms with Gasteiger partial charge in [-0.3, -0.25) is 4.79 Å². The molecule has 0 aliphatic carbocycles. The van der Waals surface area contributed by atoms with Gasteiger partial charge in [-0.2, -0.15) is 0 Å². The van der Waals surface area contributed by atoms with Crippen molar-refractivity contribution in [1.82, 2.24) is 5.16 Å². The summed E-state index contributed by atoms with van der Waals surface area (Å²) in [5.41, 5.74) is 2.68. The second kappa shape index (κ2) is 7.58. The summed E-state index contributed by atoms with van der Waals surface area (Å²) in [5.74, 6) is -0.603. The summed E-state index contributed by atoms with van der Waals surface area (Å²) in [6, 6.07) is 7.51. The fraction of sp³-hybridized carbons (Fsp3) is 0.353. The van der Waals surface area contributed by atoms with Crippen molar-refractivity contribution in [2.45, 2.75) is 33.6 Å². The Balaban J connectivity index is 1.90. The summed E-state index contributed by atoms with van der Waals surface area (Å²) >= 11 is 0. The van der Waals surface area contributed by atoms with Gasteiger partial charge in [0, 0.05) is 5.69 Å². The van der Waals surface area contributed by atoms with E-state index in [9.17, 15) is 9.59 Å². The minimum absolute atomic E-state index is 0.299. The zero-order valence-electron chi connectivity index (χ0n) is 13.5. The molecule has 0 saturated heterocycles. The minimum atomic E-state index is -0.600. The van der Waals surface area contributed by atoms with Crippen LogP contribution in [0.3, 0.4) is 0 Å². The molecule has 1 aromatic carbocycles. The first kappa shape index (κ1) is 16.7. The fourth-order valence-electron chi connectivity index (χ4n) is 2.15. The van der Waals surface area contributed by atoms with E-state index < -0.39 is 11.9 Å². The molecule has 0 aliphatic rings. The van der Waals surface area contributed by atoms with Crippen molar-refractivity contribution >= 4 is 17.6 Å². The number of hydrogen-bond acceptors (Lipinski definition) is 5. The number of carbonyl (C=O) groups excluding carboxylic acids is 2. The van der Waals surface area contributed by atoms with Crippen LogP contribution in [0.4, 0.5) is 5.69 Å². The molecule has 0 atom stereocenters. The van der Waals surface area contributed by atoms with Gasteiger partial charge >= 0.3 is 5.97 Å². The number of esters is 1. The zero-order valence-corrected chi connectivity index (χ0v) is 13.5. The van der Waals surface area contributed by atoms with Gasteiger partial charge in [-0.05, 0) is 37.5 Å². The molecule has 1 amide bonds. The lowest BCUT2D eigenvalue weighted by molar-refractivity contribution is -0.119. The van der Waals surface area contributed by atoms with Crippen molar-refractivity contribution in [1.29, 1.82) is 0 Å². The molecule has 2 rings (SSSR count). The highest BCUT2D eigenvalue weighted by molar-refractivity contribution is 5.96. The predicted molar refractivity (Wildman–Crippen MR) is 85.4 cm³/mol. The molecule has 2 aromatic rings. The lowest BCUT2D eigenvalue weighted by Crippen LogP contribution is -2.21. The van der Waals surface area contributed by atoms with E-state index in [1.165, 1.54) is 5.56 Å². The van der Waals surface area contributed by atoms with Gasteiger partial charge in [-0.15, -0.1) is 0 Å². The van der Waals surface area contributed by atoms with Gasteiger partial charge in [0.25, 0.3) is 5.91 Å². The average molecular weight is 316 g/mol. The largest absolute Gasteiger partial charge is 0.452 e. The third-order valence-corrected chi connectivity index (χ3v) is 3.45. The molecule has 0 unspecified atom stereocenters. The number of carbonyl (C=O) groups is 2. The Hall–Kier alpha value is -2.63. The molecule has 1 aromatic heterocycles. The summed E-state index contributed by atoms with van der Waals surface area (Å²) in [5, 5.41) is 6.47. The van der Waals surface area contributed by atoms with Crippen LogP contribution < -0.4 is 5.32 Å². The van der Waals surface area contributed by atoms with E-state index in [0.29, 0.717) is 29.1 Å². The van der Waals surface area contributed by atoms with Crippen LogP contribution >= 0.6 is 0 Å². The van der Waals surface area contributed by atoms with Crippen LogP contribution in [0.25, 0.3) is 0 Å². The maximum Gasteiger partial charge on any atom is 0.344 e. The molecule has 6 nitrogen and oxygen atoms in total. The van der Waals surface area contributed by atoms with Crippen LogP contribution in [0.2, 0.25) is 0 Å². The lowest BCUT2D eigenvalue weighted by atomic mass is 10.1. The Kier molecular flexibility index (Phi) is 5.51. The number of nitrogens with zero attached hydrogens (tertiary/aromatic N) is 1. The van der Waals surface area contributed by atoms with Gasteiger partial charge in [-0.1, -0.05) is 31.1 Å². The zero-order chi connectivity index (χ0) is 16.8. The van der Waals surface area contributed by atoms with Crippen molar-refractivity contribution < 1.29 is 18.8 Å². The third kappa shape index (κ3) is 4.18. The molecule has 23 heavy (non-hydrogen) atoms. The van der Waals surface area contributed by atoms with Gasteiger partial charge < -0.3 is 14.6 Å². The van der Waals surface area contributed by atoms with Crippen LogP contribution in [0.15, 0.2) is 28.8 Å². The van der Waals surface area contributed by atoms with E-state index in [1.54, 1.807) is 6.92 Å². The first-order valence-corrected chi connectivity index (χ1v) is 7.56. The van der Waals surface area contributed by atoms with Gasteiger partial charge in [0.05, 0.1) is 5.69 Å². The Bertz CT molecular complexity index is 689. The Morgan fingerprint density at radius 2 is 1.87 bits per heavy atom. The van der Waals surface area contributed by atoms with E-state index >= 15 is 0 Å². The van der Waals surface area contributed by atoms with Crippen LogP contribution in [-0.4, -0.2) is 23.6 Å². The van der Waals surface area contributed by atoms with Crippen molar-refractivity contribution in [3.63, 3.8) is 0 Å². The highest BCUT2D eigenvalue weighted by atomic mass is 16.5. The van der Waals surface area contributed by atoms with E-state index in [1.807, 2.05) is 31.2 Å². The standard InChI is InChI=1S/C17H20N2O4/c1-4-12-6-8-13(9-7-12)18-15(20)10-22-17(21)16-11(3)23-19-14(16)5-2/h6-9H,4-5,10H2,1-3H3,(H,18,20). The van der Waals surface area contributed by atoms with Gasteiger partial charge in [-0.25, -0.2) is 4.79 Å². The Morgan fingerprint density at radius 3 is 2.48 bits per heavy atom. The van der Waals surface area contributed by atoms with E-state index in [0.717, 1.165) is 6.42 Å². The number of ether oxygens (including phenoxy) is 1. The van der Waals surface area contributed by atoms with Gasteiger partial charge in [0.15, 0.2) is 6.61 Å². The van der Waals surface area contributed by atoms with E-state index in [2.05, 4.69) is 17.4 Å². The maximum absolute atomic E-state index is 12.0. The Labute approximate surface area is 134 Å². The fourth-order valence-corrected chi connectivity index (χ4v) is 2.15. The average Bonchev–Trinajstić information content (AvgIpc) is 2.94. The molecule has 0 saturated carbocycles. The summed E-state index contributed by atoms with van der Waals surface area (Å²) in [6.45, 7) is 5.20. The number of aromatic nitrogens is 1. The number of benzene rings is 1. The summed E-state index contributed by atoms with van der Waals surface area (Å²) in [6.07, 6.45) is 1.49. The van der Waals surface area contributed by atoms with Crippen LogP contribution in [0.1, 0.15) is 41.2 Å². The number of hydrogen-bond donors (Lipinski definition) is 1. The molecule has 0 fully saturated rings. The summed E-state index contributed by atoms with van der Waals surface area (Å²) < 4.78 is 10.0. The van der Waals surface area contributed by atoms with E-state index in [4.69, 9.17) is 9.26 Å². The molecular weight excluding hydrogens is 296 g/mol. The molecular formula is C17H20N2O4. The number of amides is 1. The minimum Gasteiger partial charge on any atom is -0.452 e. The number of anilines is 1. The monoisotopic (exact) mass is 316 g/mol.